The van der Waals surface area contributed by atoms with E-state index in [4.69, 9.17) is 4.52 Å². The van der Waals surface area contributed by atoms with E-state index < -0.39 is 5.54 Å². The molecule has 0 aliphatic carbocycles. The highest BCUT2D eigenvalue weighted by Crippen LogP contribution is 2.16. The van der Waals surface area contributed by atoms with Crippen molar-refractivity contribution in [3.63, 3.8) is 0 Å². The van der Waals surface area contributed by atoms with Gasteiger partial charge < -0.3 is 14.4 Å². The SMILES string of the molecule is CC(=O)NC(C)(C)c1noc(Cn2ccc(C)cc2=O)n1. The lowest BCUT2D eigenvalue weighted by molar-refractivity contribution is -0.120. The number of hydrogen-bond donors (Lipinski definition) is 1. The van der Waals surface area contributed by atoms with Crippen LogP contribution in [0.5, 0.6) is 0 Å². The van der Waals surface area contributed by atoms with Crippen LogP contribution in [-0.4, -0.2) is 20.6 Å². The first kappa shape index (κ1) is 15.0. The second-order valence-corrected chi connectivity index (χ2v) is 5.49. The third-order valence-electron chi connectivity index (χ3n) is 2.97. The molecule has 0 bridgehead atoms. The first-order valence-corrected chi connectivity index (χ1v) is 6.57. The number of aromatic nitrogens is 3. The molecule has 0 unspecified atom stereocenters. The molecule has 0 fully saturated rings. The van der Waals surface area contributed by atoms with Gasteiger partial charge in [0.05, 0.1) is 5.54 Å². The van der Waals surface area contributed by atoms with Crippen LogP contribution in [0.15, 0.2) is 27.6 Å². The van der Waals surface area contributed by atoms with Gasteiger partial charge >= 0.3 is 0 Å². The van der Waals surface area contributed by atoms with Gasteiger partial charge in [-0.2, -0.15) is 4.98 Å². The fourth-order valence-electron chi connectivity index (χ4n) is 1.95. The second-order valence-electron chi connectivity index (χ2n) is 5.49. The van der Waals surface area contributed by atoms with Gasteiger partial charge in [-0.05, 0) is 32.4 Å². The van der Waals surface area contributed by atoms with Crippen molar-refractivity contribution < 1.29 is 9.32 Å². The average Bonchev–Trinajstić information content (AvgIpc) is 2.80. The molecule has 7 nitrogen and oxygen atoms in total. The van der Waals surface area contributed by atoms with Crippen LogP contribution >= 0.6 is 0 Å². The minimum absolute atomic E-state index is 0.129. The van der Waals surface area contributed by atoms with Crippen molar-refractivity contribution in [3.05, 3.63) is 46.0 Å². The molecule has 1 N–H and O–H groups in total. The molecule has 112 valence electrons. The Morgan fingerprint density at radius 2 is 2.19 bits per heavy atom. The van der Waals surface area contributed by atoms with E-state index in [1.165, 1.54) is 11.5 Å². The number of nitrogens with one attached hydrogen (secondary N) is 1. The van der Waals surface area contributed by atoms with E-state index in [0.29, 0.717) is 11.7 Å². The van der Waals surface area contributed by atoms with Gasteiger partial charge in [-0.15, -0.1) is 0 Å². The van der Waals surface area contributed by atoms with E-state index in [9.17, 15) is 9.59 Å². The average molecular weight is 290 g/mol. The minimum atomic E-state index is -0.730. The summed E-state index contributed by atoms with van der Waals surface area (Å²) in [6.45, 7) is 7.03. The Bertz CT molecular complexity index is 715. The maximum Gasteiger partial charge on any atom is 0.251 e. The lowest BCUT2D eigenvalue weighted by Gasteiger charge is -2.20. The highest BCUT2D eigenvalue weighted by Gasteiger charge is 2.27. The van der Waals surface area contributed by atoms with E-state index >= 15 is 0 Å². The lowest BCUT2D eigenvalue weighted by atomic mass is 10.1. The predicted molar refractivity (Wildman–Crippen MR) is 75.7 cm³/mol. The number of amides is 1. The normalized spacial score (nSPS) is 11.4. The van der Waals surface area contributed by atoms with Crippen LogP contribution in [-0.2, 0) is 16.9 Å². The first-order chi connectivity index (χ1) is 9.78. The van der Waals surface area contributed by atoms with Crippen molar-refractivity contribution in [2.24, 2.45) is 0 Å². The number of pyridine rings is 1. The minimum Gasteiger partial charge on any atom is -0.344 e. The fourth-order valence-corrected chi connectivity index (χ4v) is 1.95. The van der Waals surface area contributed by atoms with Crippen LogP contribution < -0.4 is 10.9 Å². The molecule has 21 heavy (non-hydrogen) atoms. The molecule has 0 aromatic carbocycles. The quantitative estimate of drug-likeness (QED) is 0.905. The van der Waals surface area contributed by atoms with Gasteiger partial charge in [0.1, 0.15) is 6.54 Å². The van der Waals surface area contributed by atoms with Gasteiger partial charge in [-0.3, -0.25) is 9.59 Å². The molecule has 2 rings (SSSR count). The number of carbonyl (C=O) groups is 1. The summed E-state index contributed by atoms with van der Waals surface area (Å²) in [6, 6.07) is 3.37. The van der Waals surface area contributed by atoms with Crippen LogP contribution in [0.1, 0.15) is 38.0 Å². The zero-order chi connectivity index (χ0) is 15.6. The van der Waals surface area contributed by atoms with Crippen molar-refractivity contribution in [1.82, 2.24) is 20.0 Å². The Morgan fingerprint density at radius 3 is 2.81 bits per heavy atom. The molecule has 0 saturated heterocycles. The third kappa shape index (κ3) is 3.56. The van der Waals surface area contributed by atoms with Crippen LogP contribution in [0, 0.1) is 6.92 Å². The summed E-state index contributed by atoms with van der Waals surface area (Å²) in [5, 5.41) is 6.61. The maximum absolute atomic E-state index is 11.8. The van der Waals surface area contributed by atoms with Crippen molar-refractivity contribution in [2.45, 2.75) is 39.8 Å². The molecule has 7 heteroatoms. The summed E-state index contributed by atoms with van der Waals surface area (Å²) in [4.78, 5) is 27.2. The summed E-state index contributed by atoms with van der Waals surface area (Å²) >= 11 is 0. The van der Waals surface area contributed by atoms with Gasteiger partial charge in [-0.25, -0.2) is 0 Å². The molecule has 0 radical (unpaired) electrons. The Kier molecular flexibility index (Phi) is 3.93. The van der Waals surface area contributed by atoms with Crippen molar-refractivity contribution in [2.75, 3.05) is 0 Å². The highest BCUT2D eigenvalue weighted by molar-refractivity contribution is 5.73. The summed E-state index contributed by atoms with van der Waals surface area (Å²) in [7, 11) is 0. The fraction of sp³-hybridized carbons (Fsp3) is 0.429. The number of aryl methyl sites for hydroxylation is 1. The Balaban J connectivity index is 2.20. The van der Waals surface area contributed by atoms with Crippen molar-refractivity contribution >= 4 is 5.91 Å². The standard InChI is InChI=1S/C14H18N4O3/c1-9-5-6-18(12(20)7-9)8-11-15-13(17-21-11)14(3,4)16-10(2)19/h5-7H,8H2,1-4H3,(H,16,19). The molecule has 0 aliphatic rings. The van der Waals surface area contributed by atoms with E-state index in [1.807, 2.05) is 13.0 Å². The summed E-state index contributed by atoms with van der Waals surface area (Å²) in [6.07, 6.45) is 1.68. The number of hydrogen-bond acceptors (Lipinski definition) is 5. The molecule has 0 aliphatic heterocycles. The van der Waals surface area contributed by atoms with Gasteiger partial charge in [-0.1, -0.05) is 5.16 Å². The zero-order valence-corrected chi connectivity index (χ0v) is 12.5. The second kappa shape index (κ2) is 5.51. The molecular formula is C14H18N4O3. The predicted octanol–water partition coefficient (Wildman–Crippen LogP) is 0.959. The van der Waals surface area contributed by atoms with Gasteiger partial charge in [0.15, 0.2) is 5.82 Å². The van der Waals surface area contributed by atoms with Crippen LogP contribution in [0.4, 0.5) is 0 Å². The molecule has 0 spiro atoms. The summed E-state index contributed by atoms with van der Waals surface area (Å²) in [5.41, 5.74) is 0.0383. The molecule has 1 amide bonds. The topological polar surface area (TPSA) is 90.0 Å². The van der Waals surface area contributed by atoms with Crippen LogP contribution in [0.25, 0.3) is 0 Å². The lowest BCUT2D eigenvalue weighted by Crippen LogP contribution is -2.40. The molecule has 2 aromatic heterocycles. The zero-order valence-electron chi connectivity index (χ0n) is 12.5. The molecule has 0 atom stereocenters. The molecule has 0 saturated carbocycles. The van der Waals surface area contributed by atoms with E-state index in [1.54, 1.807) is 26.1 Å². The largest absolute Gasteiger partial charge is 0.344 e. The molecule has 2 aromatic rings. The number of nitrogens with zero attached hydrogens (tertiary/aromatic N) is 3. The maximum atomic E-state index is 11.8. The number of rotatable bonds is 4. The molecule has 2 heterocycles. The third-order valence-corrected chi connectivity index (χ3v) is 2.97. The van der Waals surface area contributed by atoms with Gasteiger partial charge in [0.2, 0.25) is 11.8 Å². The highest BCUT2D eigenvalue weighted by atomic mass is 16.5. The Labute approximate surface area is 122 Å². The molecular weight excluding hydrogens is 272 g/mol. The van der Waals surface area contributed by atoms with Gasteiger partial charge in [0, 0.05) is 19.2 Å². The van der Waals surface area contributed by atoms with Crippen LogP contribution in [0.2, 0.25) is 0 Å². The Hall–Kier alpha value is -2.44. The van der Waals surface area contributed by atoms with Crippen LogP contribution in [0.3, 0.4) is 0 Å². The van der Waals surface area contributed by atoms with Crippen molar-refractivity contribution in [3.8, 4) is 0 Å². The number of carbonyl (C=O) groups excluding carboxylic acids is 1. The monoisotopic (exact) mass is 290 g/mol. The van der Waals surface area contributed by atoms with Crippen molar-refractivity contribution in [1.29, 1.82) is 0 Å². The van der Waals surface area contributed by atoms with E-state index in [2.05, 4.69) is 15.5 Å². The van der Waals surface area contributed by atoms with Gasteiger partial charge in [0.25, 0.3) is 5.56 Å². The first-order valence-electron chi connectivity index (χ1n) is 6.57. The van der Waals surface area contributed by atoms with E-state index in [-0.39, 0.29) is 18.0 Å². The van der Waals surface area contributed by atoms with E-state index in [0.717, 1.165) is 5.56 Å². The Morgan fingerprint density at radius 1 is 1.48 bits per heavy atom. The summed E-state index contributed by atoms with van der Waals surface area (Å²) in [5.74, 6) is 0.503. The smallest absolute Gasteiger partial charge is 0.251 e. The summed E-state index contributed by atoms with van der Waals surface area (Å²) < 4.78 is 6.63.